The summed E-state index contributed by atoms with van der Waals surface area (Å²) < 4.78 is 24.6. The second-order valence-electron chi connectivity index (χ2n) is 6.11. The molecule has 0 bridgehead atoms. The Hall–Kier alpha value is -1.62. The first-order valence-electron chi connectivity index (χ1n) is 8.25. The van der Waals surface area contributed by atoms with Crippen LogP contribution in [0.2, 0.25) is 0 Å². The molecule has 23 heavy (non-hydrogen) atoms. The summed E-state index contributed by atoms with van der Waals surface area (Å²) >= 11 is 0. The average molecular weight is 335 g/mol. The van der Waals surface area contributed by atoms with E-state index in [1.165, 1.54) is 0 Å². The number of hydrogen-bond donors (Lipinski definition) is 1. The number of para-hydroxylation sites is 1. The summed E-state index contributed by atoms with van der Waals surface area (Å²) in [5.74, 6) is 0.0949. The average Bonchev–Trinajstić information content (AvgIpc) is 2.52. The topological polar surface area (TPSA) is 67.0 Å². The minimum absolute atomic E-state index is 0.0903. The third kappa shape index (κ3) is 4.67. The van der Waals surface area contributed by atoms with Crippen LogP contribution in [0.25, 0.3) is 10.9 Å². The SMILES string of the molecule is CCCCCCCS(=O)(=O)Cc1[nH]c2ccccc2c(=O)c1C. The Kier molecular flexibility index (Phi) is 5.99. The molecular weight excluding hydrogens is 310 g/mol. The van der Waals surface area contributed by atoms with Gasteiger partial charge in [0.15, 0.2) is 15.3 Å². The van der Waals surface area contributed by atoms with Gasteiger partial charge in [0.25, 0.3) is 0 Å². The van der Waals surface area contributed by atoms with Crippen LogP contribution in [0.1, 0.15) is 50.3 Å². The fourth-order valence-corrected chi connectivity index (χ4v) is 4.26. The van der Waals surface area contributed by atoms with Crippen molar-refractivity contribution in [1.82, 2.24) is 4.98 Å². The molecule has 0 unspecified atom stereocenters. The molecule has 0 atom stereocenters. The van der Waals surface area contributed by atoms with Crippen LogP contribution in [0, 0.1) is 6.92 Å². The zero-order valence-electron chi connectivity index (χ0n) is 13.9. The third-order valence-electron chi connectivity index (χ3n) is 4.17. The fraction of sp³-hybridized carbons (Fsp3) is 0.500. The van der Waals surface area contributed by atoms with Gasteiger partial charge in [0, 0.05) is 22.2 Å². The number of hydrogen-bond acceptors (Lipinski definition) is 3. The van der Waals surface area contributed by atoms with E-state index in [1.54, 1.807) is 19.1 Å². The van der Waals surface area contributed by atoms with Gasteiger partial charge in [-0.2, -0.15) is 0 Å². The maximum atomic E-state index is 12.4. The highest BCUT2D eigenvalue weighted by Crippen LogP contribution is 2.14. The summed E-state index contributed by atoms with van der Waals surface area (Å²) in [6.07, 6.45) is 5.01. The number of rotatable bonds is 8. The quantitative estimate of drug-likeness (QED) is 0.748. The van der Waals surface area contributed by atoms with E-state index in [0.29, 0.717) is 28.6 Å². The van der Waals surface area contributed by atoms with Gasteiger partial charge < -0.3 is 4.98 Å². The molecule has 0 aliphatic heterocycles. The Balaban J connectivity index is 2.14. The van der Waals surface area contributed by atoms with Crippen molar-refractivity contribution < 1.29 is 8.42 Å². The number of aromatic amines is 1. The zero-order chi connectivity index (χ0) is 16.9. The molecule has 0 saturated heterocycles. The predicted octanol–water partition coefficient (Wildman–Crippen LogP) is 3.72. The number of fused-ring (bicyclic) bond motifs is 1. The monoisotopic (exact) mass is 335 g/mol. The molecule has 126 valence electrons. The van der Waals surface area contributed by atoms with E-state index in [-0.39, 0.29) is 16.9 Å². The highest BCUT2D eigenvalue weighted by atomic mass is 32.2. The van der Waals surface area contributed by atoms with Crippen LogP contribution < -0.4 is 5.43 Å². The summed E-state index contributed by atoms with van der Waals surface area (Å²) in [7, 11) is -3.20. The van der Waals surface area contributed by atoms with Crippen molar-refractivity contribution in [2.75, 3.05) is 5.75 Å². The predicted molar refractivity (Wildman–Crippen MR) is 95.6 cm³/mol. The fourth-order valence-electron chi connectivity index (χ4n) is 2.75. The van der Waals surface area contributed by atoms with Gasteiger partial charge in [-0.05, 0) is 25.5 Å². The first kappa shape index (κ1) is 17.7. The lowest BCUT2D eigenvalue weighted by Gasteiger charge is -2.09. The lowest BCUT2D eigenvalue weighted by atomic mass is 10.1. The summed E-state index contributed by atoms with van der Waals surface area (Å²) in [6, 6.07) is 7.20. The molecule has 1 aromatic heterocycles. The molecule has 1 heterocycles. The Labute approximate surface area is 137 Å². The number of aromatic nitrogens is 1. The van der Waals surface area contributed by atoms with Gasteiger partial charge in [-0.3, -0.25) is 4.79 Å². The number of pyridine rings is 1. The first-order chi connectivity index (χ1) is 10.9. The molecule has 0 radical (unpaired) electrons. The molecule has 2 rings (SSSR count). The number of H-pyrrole nitrogens is 1. The van der Waals surface area contributed by atoms with Gasteiger partial charge >= 0.3 is 0 Å². The van der Waals surface area contributed by atoms with E-state index < -0.39 is 9.84 Å². The Morgan fingerprint density at radius 1 is 1.04 bits per heavy atom. The normalized spacial score (nSPS) is 11.9. The van der Waals surface area contributed by atoms with E-state index in [9.17, 15) is 13.2 Å². The molecule has 4 nitrogen and oxygen atoms in total. The van der Waals surface area contributed by atoms with E-state index >= 15 is 0 Å². The van der Waals surface area contributed by atoms with Gasteiger partial charge in [0.2, 0.25) is 0 Å². The molecule has 0 fully saturated rings. The lowest BCUT2D eigenvalue weighted by molar-refractivity contribution is 0.585. The van der Waals surface area contributed by atoms with Gasteiger partial charge in [-0.1, -0.05) is 44.7 Å². The molecule has 0 saturated carbocycles. The van der Waals surface area contributed by atoms with Crippen molar-refractivity contribution in [3.63, 3.8) is 0 Å². The second-order valence-corrected chi connectivity index (χ2v) is 8.29. The molecular formula is C18H25NO3S. The smallest absolute Gasteiger partial charge is 0.192 e. The highest BCUT2D eigenvalue weighted by Gasteiger charge is 2.16. The second kappa shape index (κ2) is 7.77. The molecule has 0 aliphatic rings. The molecule has 0 amide bonds. The molecule has 1 N–H and O–H groups in total. The van der Waals surface area contributed by atoms with Gasteiger partial charge in [0.1, 0.15) is 0 Å². The Morgan fingerprint density at radius 2 is 1.74 bits per heavy atom. The van der Waals surface area contributed by atoms with Crippen molar-refractivity contribution in [2.45, 2.75) is 51.7 Å². The van der Waals surface area contributed by atoms with E-state index in [4.69, 9.17) is 0 Å². The first-order valence-corrected chi connectivity index (χ1v) is 10.1. The molecule has 0 aliphatic carbocycles. The minimum Gasteiger partial charge on any atom is -0.357 e. The molecule has 0 spiro atoms. The number of sulfone groups is 1. The minimum atomic E-state index is -3.20. The molecule has 2 aromatic rings. The lowest BCUT2D eigenvalue weighted by Crippen LogP contribution is -2.17. The standard InChI is InChI=1S/C18H25NO3S/c1-3-4-5-6-9-12-23(21,22)13-17-14(2)18(20)15-10-7-8-11-16(15)19-17/h7-8,10-11H,3-6,9,12-13H2,1-2H3,(H,19,20). The number of benzene rings is 1. The van der Waals surface area contributed by atoms with Crippen molar-refractivity contribution >= 4 is 20.7 Å². The zero-order valence-corrected chi connectivity index (χ0v) is 14.7. The van der Waals surface area contributed by atoms with Crippen molar-refractivity contribution in [3.05, 3.63) is 45.7 Å². The van der Waals surface area contributed by atoms with Crippen LogP contribution in [-0.4, -0.2) is 19.2 Å². The van der Waals surface area contributed by atoms with Gasteiger partial charge in [-0.15, -0.1) is 0 Å². The summed E-state index contributed by atoms with van der Waals surface area (Å²) in [5.41, 5.74) is 1.62. The van der Waals surface area contributed by atoms with Crippen LogP contribution >= 0.6 is 0 Å². The van der Waals surface area contributed by atoms with Crippen LogP contribution in [0.3, 0.4) is 0 Å². The van der Waals surface area contributed by atoms with Crippen LogP contribution in [0.15, 0.2) is 29.1 Å². The Bertz CT molecular complexity index is 822. The van der Waals surface area contributed by atoms with Crippen LogP contribution in [0.4, 0.5) is 0 Å². The van der Waals surface area contributed by atoms with Crippen molar-refractivity contribution in [3.8, 4) is 0 Å². The number of nitrogens with one attached hydrogen (secondary N) is 1. The largest absolute Gasteiger partial charge is 0.357 e. The Morgan fingerprint density at radius 3 is 2.48 bits per heavy atom. The van der Waals surface area contributed by atoms with Crippen LogP contribution in [0.5, 0.6) is 0 Å². The van der Waals surface area contributed by atoms with Gasteiger partial charge in [-0.25, -0.2) is 8.42 Å². The summed E-state index contributed by atoms with van der Waals surface area (Å²) in [5, 5.41) is 0.603. The van der Waals surface area contributed by atoms with Crippen molar-refractivity contribution in [1.29, 1.82) is 0 Å². The van der Waals surface area contributed by atoms with E-state index in [2.05, 4.69) is 11.9 Å². The van der Waals surface area contributed by atoms with Crippen LogP contribution in [-0.2, 0) is 15.6 Å². The maximum absolute atomic E-state index is 12.4. The third-order valence-corrected chi connectivity index (χ3v) is 5.81. The van der Waals surface area contributed by atoms with E-state index in [0.717, 1.165) is 25.7 Å². The van der Waals surface area contributed by atoms with Crippen molar-refractivity contribution in [2.24, 2.45) is 0 Å². The number of unbranched alkanes of at least 4 members (excludes halogenated alkanes) is 4. The maximum Gasteiger partial charge on any atom is 0.192 e. The molecule has 5 heteroatoms. The summed E-state index contributed by atoms with van der Waals surface area (Å²) in [6.45, 7) is 3.83. The molecule has 1 aromatic carbocycles. The highest BCUT2D eigenvalue weighted by molar-refractivity contribution is 7.90. The summed E-state index contributed by atoms with van der Waals surface area (Å²) in [4.78, 5) is 15.5. The van der Waals surface area contributed by atoms with Gasteiger partial charge in [0.05, 0.1) is 11.5 Å². The van der Waals surface area contributed by atoms with E-state index in [1.807, 2.05) is 12.1 Å².